The Hall–Kier alpha value is -3.17. The van der Waals surface area contributed by atoms with Crippen LogP contribution in [0.25, 0.3) is 5.69 Å². The molecular formula is C18H19ClN6O3. The highest BCUT2D eigenvalue weighted by Gasteiger charge is 2.09. The number of tetrazole rings is 1. The van der Waals surface area contributed by atoms with Crippen LogP contribution in [0.15, 0.2) is 53.3 Å². The summed E-state index contributed by atoms with van der Waals surface area (Å²) in [4.78, 5) is 24.3. The van der Waals surface area contributed by atoms with E-state index in [1.165, 1.54) is 9.36 Å². The number of nitrogens with zero attached hydrogens (tertiary/aromatic N) is 4. The van der Waals surface area contributed by atoms with Gasteiger partial charge in [-0.3, -0.25) is 0 Å². The Morgan fingerprint density at radius 3 is 2.50 bits per heavy atom. The van der Waals surface area contributed by atoms with Gasteiger partial charge in [0.2, 0.25) is 0 Å². The number of methoxy groups -OCH3 is 1. The lowest BCUT2D eigenvalue weighted by Gasteiger charge is -2.08. The van der Waals surface area contributed by atoms with Gasteiger partial charge in [-0.05, 0) is 52.4 Å². The molecule has 1 heterocycles. The summed E-state index contributed by atoms with van der Waals surface area (Å²) in [5.74, 6) is 0. The number of hydrogen-bond donors (Lipinski definition) is 2. The quantitative estimate of drug-likeness (QED) is 0.629. The van der Waals surface area contributed by atoms with E-state index in [-0.39, 0.29) is 11.7 Å². The lowest BCUT2D eigenvalue weighted by molar-refractivity contribution is 0.181. The van der Waals surface area contributed by atoms with E-state index in [0.29, 0.717) is 36.1 Å². The molecule has 28 heavy (non-hydrogen) atoms. The number of carbonyl (C=O) groups is 1. The van der Waals surface area contributed by atoms with Crippen LogP contribution >= 0.6 is 11.6 Å². The van der Waals surface area contributed by atoms with Gasteiger partial charge in [0.1, 0.15) is 0 Å². The third-order valence-corrected chi connectivity index (χ3v) is 4.13. The van der Waals surface area contributed by atoms with E-state index in [1.807, 2.05) is 12.1 Å². The van der Waals surface area contributed by atoms with Crippen molar-refractivity contribution in [3.8, 4) is 5.69 Å². The molecule has 3 rings (SSSR count). The van der Waals surface area contributed by atoms with Gasteiger partial charge in [-0.2, -0.15) is 9.36 Å². The molecule has 0 unspecified atom stereocenters. The van der Waals surface area contributed by atoms with E-state index in [4.69, 9.17) is 16.3 Å². The molecule has 0 aliphatic heterocycles. The summed E-state index contributed by atoms with van der Waals surface area (Å²) < 4.78 is 7.34. The van der Waals surface area contributed by atoms with Gasteiger partial charge in [0.15, 0.2) is 0 Å². The number of amides is 2. The van der Waals surface area contributed by atoms with Gasteiger partial charge < -0.3 is 15.4 Å². The van der Waals surface area contributed by atoms with Crippen LogP contribution in [0.3, 0.4) is 0 Å². The first-order valence-electron chi connectivity index (χ1n) is 8.48. The van der Waals surface area contributed by atoms with Crippen molar-refractivity contribution >= 4 is 23.3 Å². The fraction of sp³-hybridized carbons (Fsp3) is 0.222. The van der Waals surface area contributed by atoms with Crippen LogP contribution in [0.5, 0.6) is 0 Å². The highest BCUT2D eigenvalue weighted by Crippen LogP contribution is 2.12. The largest absolute Gasteiger partial charge is 0.383 e. The standard InChI is InChI=1S/C18H19ClN6O3/c1-28-11-10-24-18(27)25(23-22-24)16-8-6-15(7-9-16)21-17(26)20-12-13-2-4-14(19)5-3-13/h2-9H,10-12H2,1H3,(H2,20,21,26). The summed E-state index contributed by atoms with van der Waals surface area (Å²) in [6, 6.07) is 13.6. The highest BCUT2D eigenvalue weighted by atomic mass is 35.5. The lowest BCUT2D eigenvalue weighted by atomic mass is 10.2. The first-order valence-corrected chi connectivity index (χ1v) is 8.86. The maximum absolute atomic E-state index is 12.2. The molecule has 0 saturated heterocycles. The van der Waals surface area contributed by atoms with Gasteiger partial charge in [-0.15, -0.1) is 0 Å². The Bertz CT molecular complexity index is 982. The predicted octanol–water partition coefficient (Wildman–Crippen LogP) is 2.05. The van der Waals surface area contributed by atoms with Crippen LogP contribution in [0.1, 0.15) is 5.56 Å². The number of halogens is 1. The molecule has 146 valence electrons. The zero-order chi connectivity index (χ0) is 19.9. The minimum absolute atomic E-state index is 0.322. The number of nitrogens with one attached hydrogen (secondary N) is 2. The van der Waals surface area contributed by atoms with Crippen molar-refractivity contribution in [1.82, 2.24) is 25.1 Å². The maximum atomic E-state index is 12.2. The Balaban J connectivity index is 1.58. The van der Waals surface area contributed by atoms with E-state index < -0.39 is 0 Å². The molecule has 0 saturated carbocycles. The van der Waals surface area contributed by atoms with Crippen LogP contribution < -0.4 is 16.3 Å². The molecular weight excluding hydrogens is 384 g/mol. The van der Waals surface area contributed by atoms with Crippen LogP contribution in [0.4, 0.5) is 10.5 Å². The summed E-state index contributed by atoms with van der Waals surface area (Å²) in [6.07, 6.45) is 0. The van der Waals surface area contributed by atoms with Gasteiger partial charge in [-0.1, -0.05) is 23.7 Å². The van der Waals surface area contributed by atoms with Gasteiger partial charge in [0.25, 0.3) is 0 Å². The molecule has 0 spiro atoms. The smallest absolute Gasteiger partial charge is 0.368 e. The topological polar surface area (TPSA) is 103 Å². The summed E-state index contributed by atoms with van der Waals surface area (Å²) in [7, 11) is 1.55. The summed E-state index contributed by atoms with van der Waals surface area (Å²) in [5.41, 5.74) is 1.70. The molecule has 0 radical (unpaired) electrons. The number of urea groups is 1. The second-order valence-corrected chi connectivity index (χ2v) is 6.31. The Morgan fingerprint density at radius 2 is 1.82 bits per heavy atom. The second-order valence-electron chi connectivity index (χ2n) is 5.87. The Morgan fingerprint density at radius 1 is 1.11 bits per heavy atom. The van der Waals surface area contributed by atoms with Crippen molar-refractivity contribution in [3.63, 3.8) is 0 Å². The van der Waals surface area contributed by atoms with Crippen molar-refractivity contribution in [1.29, 1.82) is 0 Å². The summed E-state index contributed by atoms with van der Waals surface area (Å²) >= 11 is 5.84. The third kappa shape index (κ3) is 4.96. The van der Waals surface area contributed by atoms with Crippen molar-refractivity contribution in [2.45, 2.75) is 13.1 Å². The number of aromatic nitrogens is 4. The lowest BCUT2D eigenvalue weighted by Crippen LogP contribution is -2.28. The zero-order valence-corrected chi connectivity index (χ0v) is 15.9. The van der Waals surface area contributed by atoms with Crippen molar-refractivity contribution < 1.29 is 9.53 Å². The van der Waals surface area contributed by atoms with E-state index in [0.717, 1.165) is 5.56 Å². The van der Waals surface area contributed by atoms with E-state index in [1.54, 1.807) is 43.5 Å². The maximum Gasteiger partial charge on any atom is 0.368 e. The number of anilines is 1. The SMILES string of the molecule is COCCn1nnn(-c2ccc(NC(=O)NCc3ccc(Cl)cc3)cc2)c1=O. The fourth-order valence-corrected chi connectivity index (χ4v) is 2.53. The first-order chi connectivity index (χ1) is 13.6. The predicted molar refractivity (Wildman–Crippen MR) is 105 cm³/mol. The summed E-state index contributed by atoms with van der Waals surface area (Å²) in [5, 5.41) is 13.8. The molecule has 2 amide bonds. The van der Waals surface area contributed by atoms with E-state index in [2.05, 4.69) is 21.1 Å². The third-order valence-electron chi connectivity index (χ3n) is 3.88. The number of hydrogen-bond acceptors (Lipinski definition) is 5. The number of ether oxygens (including phenoxy) is 1. The van der Waals surface area contributed by atoms with Crippen LogP contribution in [0.2, 0.25) is 5.02 Å². The normalized spacial score (nSPS) is 10.6. The van der Waals surface area contributed by atoms with Crippen LogP contribution in [-0.2, 0) is 17.8 Å². The highest BCUT2D eigenvalue weighted by molar-refractivity contribution is 6.30. The zero-order valence-electron chi connectivity index (χ0n) is 15.1. The average molecular weight is 403 g/mol. The second kappa shape index (κ2) is 9.16. The average Bonchev–Trinajstić information content (AvgIpc) is 3.07. The molecule has 0 bridgehead atoms. The molecule has 2 aromatic carbocycles. The van der Waals surface area contributed by atoms with Crippen LogP contribution in [0, 0.1) is 0 Å². The fourth-order valence-electron chi connectivity index (χ4n) is 2.40. The Labute approximate surface area is 165 Å². The molecule has 9 nitrogen and oxygen atoms in total. The minimum Gasteiger partial charge on any atom is -0.383 e. The minimum atomic E-state index is -0.363. The molecule has 10 heteroatoms. The van der Waals surface area contributed by atoms with Crippen molar-refractivity contribution in [2.75, 3.05) is 19.0 Å². The van der Waals surface area contributed by atoms with E-state index in [9.17, 15) is 9.59 Å². The molecule has 0 atom stereocenters. The number of carbonyl (C=O) groups excluding carboxylic acids is 1. The molecule has 2 N–H and O–H groups in total. The molecule has 0 fully saturated rings. The molecule has 3 aromatic rings. The number of benzene rings is 2. The molecule has 0 aliphatic rings. The first kappa shape index (κ1) is 19.6. The van der Waals surface area contributed by atoms with Gasteiger partial charge in [0.05, 0.1) is 18.8 Å². The van der Waals surface area contributed by atoms with Crippen molar-refractivity contribution in [3.05, 3.63) is 69.6 Å². The van der Waals surface area contributed by atoms with Gasteiger partial charge >= 0.3 is 11.7 Å². The van der Waals surface area contributed by atoms with Crippen LogP contribution in [-0.4, -0.2) is 39.5 Å². The molecule has 0 aliphatic carbocycles. The van der Waals surface area contributed by atoms with E-state index >= 15 is 0 Å². The van der Waals surface area contributed by atoms with Gasteiger partial charge in [0, 0.05) is 24.4 Å². The molecule has 1 aromatic heterocycles. The Kier molecular flexibility index (Phi) is 6.41. The van der Waals surface area contributed by atoms with Gasteiger partial charge in [-0.25, -0.2) is 9.59 Å². The monoisotopic (exact) mass is 402 g/mol. The summed E-state index contributed by atoms with van der Waals surface area (Å²) in [6.45, 7) is 1.07. The van der Waals surface area contributed by atoms with Crippen molar-refractivity contribution in [2.24, 2.45) is 0 Å². The number of rotatable bonds is 7.